The fourth-order valence-electron chi connectivity index (χ4n) is 5.15. The largest absolute Gasteiger partial charge is 0.380 e. The van der Waals surface area contributed by atoms with Gasteiger partial charge in [0.1, 0.15) is 11.5 Å². The molecule has 152 valence electrons. The van der Waals surface area contributed by atoms with Crippen molar-refractivity contribution in [3.05, 3.63) is 53.9 Å². The molecule has 1 nitrogen and oxygen atoms in total. The maximum atomic E-state index is 14.6. The highest BCUT2D eigenvalue weighted by molar-refractivity contribution is 5.89. The number of fused-ring (bicyclic) bond motifs is 1. The Balaban J connectivity index is 1.87. The van der Waals surface area contributed by atoms with Crippen LogP contribution in [-0.2, 0) is 0 Å². The Bertz CT molecular complexity index is 859. The van der Waals surface area contributed by atoms with Gasteiger partial charge in [-0.3, -0.25) is 0 Å². The summed E-state index contributed by atoms with van der Waals surface area (Å²) in [7, 11) is 0. The summed E-state index contributed by atoms with van der Waals surface area (Å²) in [5.41, 5.74) is 0.971. The van der Waals surface area contributed by atoms with Crippen molar-refractivity contribution in [1.29, 1.82) is 0 Å². The molecule has 0 spiro atoms. The van der Waals surface area contributed by atoms with Gasteiger partial charge in [-0.15, -0.1) is 0 Å². The summed E-state index contributed by atoms with van der Waals surface area (Å²) >= 11 is 0. The topological polar surface area (TPSA) is 12.0 Å². The summed E-state index contributed by atoms with van der Waals surface area (Å²) < 4.78 is 28.8. The lowest BCUT2D eigenvalue weighted by atomic mass is 9.80. The van der Waals surface area contributed by atoms with Gasteiger partial charge >= 0.3 is 0 Å². The number of rotatable bonds is 7. The Kier molecular flexibility index (Phi) is 5.84. The predicted octanol–water partition coefficient (Wildman–Crippen LogP) is 7.32. The molecular weight excluding hydrogens is 352 g/mol. The maximum Gasteiger partial charge on any atom is 0.131 e. The summed E-state index contributed by atoms with van der Waals surface area (Å²) in [6.07, 6.45) is 6.37. The summed E-state index contributed by atoms with van der Waals surface area (Å²) in [5, 5.41) is 5.08. The number of hydrogen-bond acceptors (Lipinski definition) is 1. The van der Waals surface area contributed by atoms with Crippen molar-refractivity contribution in [2.24, 2.45) is 5.92 Å². The van der Waals surface area contributed by atoms with Crippen molar-refractivity contribution in [2.75, 3.05) is 0 Å². The van der Waals surface area contributed by atoms with Gasteiger partial charge in [-0.2, -0.15) is 0 Å². The minimum absolute atomic E-state index is 0.203. The van der Waals surface area contributed by atoms with Crippen LogP contribution >= 0.6 is 0 Å². The van der Waals surface area contributed by atoms with Crippen LogP contribution in [0.3, 0.4) is 0 Å². The summed E-state index contributed by atoms with van der Waals surface area (Å²) in [6.45, 7) is 11.6. The molecule has 2 aromatic rings. The first-order valence-corrected chi connectivity index (χ1v) is 10.4. The number of alkyl halides is 1. The zero-order valence-electron chi connectivity index (χ0n) is 17.7. The van der Waals surface area contributed by atoms with Crippen LogP contribution in [0.1, 0.15) is 70.4 Å². The maximum absolute atomic E-state index is 14.6. The van der Waals surface area contributed by atoms with Gasteiger partial charge in [0, 0.05) is 23.0 Å². The first-order chi connectivity index (χ1) is 13.1. The molecule has 0 amide bonds. The van der Waals surface area contributed by atoms with E-state index < -0.39 is 5.67 Å². The third-order valence-electron chi connectivity index (χ3n) is 5.95. The van der Waals surface area contributed by atoms with E-state index in [-0.39, 0.29) is 11.4 Å². The van der Waals surface area contributed by atoms with Gasteiger partial charge in [-0.25, -0.2) is 8.78 Å². The molecule has 0 aliphatic heterocycles. The van der Waals surface area contributed by atoms with Crippen LogP contribution in [0.15, 0.2) is 36.9 Å². The first-order valence-electron chi connectivity index (χ1n) is 10.4. The highest BCUT2D eigenvalue weighted by Gasteiger charge is 2.35. The lowest BCUT2D eigenvalue weighted by molar-refractivity contribution is 0.134. The number of hydrogen-bond donors (Lipinski definition) is 1. The molecular formula is C25H33F2N. The number of nitrogens with one attached hydrogen (secondary N) is 1. The van der Waals surface area contributed by atoms with E-state index in [2.05, 4.69) is 18.8 Å². The molecule has 0 bridgehead atoms. The molecule has 1 fully saturated rings. The van der Waals surface area contributed by atoms with Gasteiger partial charge in [-0.05, 0) is 74.7 Å². The Labute approximate surface area is 168 Å². The number of halogens is 2. The summed E-state index contributed by atoms with van der Waals surface area (Å²) in [4.78, 5) is 0. The quantitative estimate of drug-likeness (QED) is 0.526. The van der Waals surface area contributed by atoms with E-state index in [4.69, 9.17) is 0 Å². The second kappa shape index (κ2) is 7.85. The molecule has 0 heterocycles. The average Bonchev–Trinajstić information content (AvgIpc) is 3.04. The predicted molar refractivity (Wildman–Crippen MR) is 116 cm³/mol. The van der Waals surface area contributed by atoms with Crippen molar-refractivity contribution in [1.82, 2.24) is 5.32 Å². The van der Waals surface area contributed by atoms with Crippen LogP contribution in [0, 0.1) is 18.7 Å². The zero-order valence-corrected chi connectivity index (χ0v) is 17.7. The smallest absolute Gasteiger partial charge is 0.131 e. The van der Waals surface area contributed by atoms with Gasteiger partial charge in [0.25, 0.3) is 0 Å². The van der Waals surface area contributed by atoms with E-state index in [9.17, 15) is 8.78 Å². The van der Waals surface area contributed by atoms with E-state index in [1.54, 1.807) is 19.9 Å². The van der Waals surface area contributed by atoms with Gasteiger partial charge in [0.15, 0.2) is 0 Å². The van der Waals surface area contributed by atoms with Crippen molar-refractivity contribution in [3.8, 4) is 0 Å². The van der Waals surface area contributed by atoms with Crippen molar-refractivity contribution >= 4 is 16.5 Å². The van der Waals surface area contributed by atoms with Crippen LogP contribution in [0.5, 0.6) is 0 Å². The van der Waals surface area contributed by atoms with Gasteiger partial charge in [0.2, 0.25) is 0 Å². The molecule has 3 rings (SSSR count). The average molecular weight is 386 g/mol. The van der Waals surface area contributed by atoms with Gasteiger partial charge in [-0.1, -0.05) is 44.4 Å². The molecule has 1 atom stereocenters. The van der Waals surface area contributed by atoms with Crippen molar-refractivity contribution in [3.63, 3.8) is 0 Å². The van der Waals surface area contributed by atoms with Crippen LogP contribution in [0.2, 0.25) is 0 Å². The van der Waals surface area contributed by atoms with Gasteiger partial charge < -0.3 is 5.32 Å². The fourth-order valence-corrected chi connectivity index (χ4v) is 5.15. The molecule has 0 radical (unpaired) electrons. The third kappa shape index (κ3) is 4.92. The van der Waals surface area contributed by atoms with E-state index in [0.29, 0.717) is 17.7 Å². The van der Waals surface area contributed by atoms with Crippen LogP contribution < -0.4 is 5.32 Å². The Morgan fingerprint density at radius 3 is 2.50 bits per heavy atom. The van der Waals surface area contributed by atoms with Crippen molar-refractivity contribution < 1.29 is 8.78 Å². The Morgan fingerprint density at radius 2 is 1.86 bits per heavy atom. The second-order valence-corrected chi connectivity index (χ2v) is 9.55. The Hall–Kier alpha value is -1.90. The van der Waals surface area contributed by atoms with Crippen LogP contribution in [0.4, 0.5) is 8.78 Å². The van der Waals surface area contributed by atoms with Crippen LogP contribution in [-0.4, -0.2) is 11.2 Å². The fraction of sp³-hybridized carbons (Fsp3) is 0.520. The molecule has 1 N–H and O–H groups in total. The highest BCUT2D eigenvalue weighted by atomic mass is 19.1. The normalized spacial score (nSPS) is 17.6. The molecule has 3 heteroatoms. The standard InChI is InChI=1S/C25H33F2N/c1-17-13-21(14-20-11-8-12-22(26)23(17)20)18(2)28-25(5,16-24(3,4)27)15-19-9-6-7-10-19/h8,11-14,19,28H,2,6-7,9-10,15-16H2,1,3-5H3. The lowest BCUT2D eigenvalue weighted by Gasteiger charge is -2.38. The lowest BCUT2D eigenvalue weighted by Crippen LogP contribution is -2.46. The molecule has 1 saturated carbocycles. The van der Waals surface area contributed by atoms with E-state index >= 15 is 0 Å². The minimum Gasteiger partial charge on any atom is -0.380 e. The minimum atomic E-state index is -1.26. The number of aryl methyl sites for hydroxylation is 1. The molecule has 2 aromatic carbocycles. The molecule has 1 unspecified atom stereocenters. The molecule has 0 saturated heterocycles. The molecule has 1 aliphatic carbocycles. The monoisotopic (exact) mass is 385 g/mol. The first kappa shape index (κ1) is 20.8. The van der Waals surface area contributed by atoms with Gasteiger partial charge in [0.05, 0.1) is 0 Å². The van der Waals surface area contributed by atoms with Crippen molar-refractivity contribution in [2.45, 2.75) is 77.4 Å². The second-order valence-electron chi connectivity index (χ2n) is 9.55. The van der Waals surface area contributed by atoms with Crippen LogP contribution in [0.25, 0.3) is 16.5 Å². The SMILES string of the molecule is C=C(NC(C)(CC1CCCC1)CC(C)(C)F)c1cc(C)c2c(F)cccc2c1. The highest BCUT2D eigenvalue weighted by Crippen LogP contribution is 2.37. The molecule has 28 heavy (non-hydrogen) atoms. The Morgan fingerprint density at radius 1 is 1.18 bits per heavy atom. The molecule has 1 aliphatic rings. The molecule has 0 aromatic heterocycles. The third-order valence-corrected chi connectivity index (χ3v) is 5.95. The summed E-state index contributed by atoms with van der Waals surface area (Å²) in [5.74, 6) is 0.436. The van der Waals surface area contributed by atoms with E-state index in [1.165, 1.54) is 31.7 Å². The summed E-state index contributed by atoms with van der Waals surface area (Å²) in [6, 6.07) is 9.08. The van der Waals surface area contributed by atoms with E-state index in [1.807, 2.05) is 25.1 Å². The van der Waals surface area contributed by atoms with E-state index in [0.717, 1.165) is 28.6 Å². The number of benzene rings is 2. The zero-order chi connectivity index (χ0) is 20.5.